The molecule has 0 bridgehead atoms. The van der Waals surface area contributed by atoms with Gasteiger partial charge in [0, 0.05) is 10.9 Å². The van der Waals surface area contributed by atoms with Crippen LogP contribution in [0.3, 0.4) is 0 Å². The molecule has 33 heavy (non-hydrogen) atoms. The molecule has 0 N–H and O–H groups in total. The van der Waals surface area contributed by atoms with Gasteiger partial charge < -0.3 is 18.9 Å². The van der Waals surface area contributed by atoms with Crippen LogP contribution in [0.25, 0.3) is 11.1 Å². The first-order valence-corrected chi connectivity index (χ1v) is 11.9. The summed E-state index contributed by atoms with van der Waals surface area (Å²) in [7, 11) is 5.55. The lowest BCUT2D eigenvalue weighted by Gasteiger charge is -2.28. The molecule has 0 radical (unpaired) electrons. The highest BCUT2D eigenvalue weighted by Gasteiger charge is 2.33. The van der Waals surface area contributed by atoms with Gasteiger partial charge in [-0.1, -0.05) is 91.0 Å². The van der Waals surface area contributed by atoms with E-state index in [1.165, 1.54) is 10.6 Å². The highest BCUT2D eigenvalue weighted by Crippen LogP contribution is 2.54. The van der Waals surface area contributed by atoms with Gasteiger partial charge in [-0.15, -0.1) is 0 Å². The van der Waals surface area contributed by atoms with E-state index in [0.717, 1.165) is 16.4 Å². The molecule has 0 atom stereocenters. The maximum absolute atomic E-state index is 6.05. The zero-order valence-electron chi connectivity index (χ0n) is 19.2. The minimum atomic E-state index is -1.02. The second kappa shape index (κ2) is 10.4. The summed E-state index contributed by atoms with van der Waals surface area (Å²) in [6.45, 7) is 0. The van der Waals surface area contributed by atoms with E-state index in [0.29, 0.717) is 23.0 Å². The minimum Gasteiger partial charge on any atom is -0.492 e. The van der Waals surface area contributed by atoms with Crippen LogP contribution in [0, 0.1) is 0 Å². The van der Waals surface area contributed by atoms with Crippen molar-refractivity contribution in [2.24, 2.45) is 0 Å². The van der Waals surface area contributed by atoms with Crippen LogP contribution >= 0.6 is 7.92 Å². The van der Waals surface area contributed by atoms with Crippen molar-refractivity contribution >= 4 is 23.8 Å². The number of rotatable bonds is 8. The summed E-state index contributed by atoms with van der Waals surface area (Å²) < 4.78 is 23.6. The predicted octanol–water partition coefficient (Wildman–Crippen LogP) is 5.15. The van der Waals surface area contributed by atoms with Crippen LogP contribution in [-0.4, -0.2) is 28.4 Å². The van der Waals surface area contributed by atoms with Gasteiger partial charge in [-0.3, -0.25) is 0 Å². The minimum absolute atomic E-state index is 0.510. The van der Waals surface area contributed by atoms with Gasteiger partial charge in [-0.25, -0.2) is 0 Å². The Hall–Kier alpha value is -3.49. The number of hydrogen-bond acceptors (Lipinski definition) is 4. The van der Waals surface area contributed by atoms with E-state index in [9.17, 15) is 0 Å². The van der Waals surface area contributed by atoms with E-state index in [1.807, 2.05) is 30.3 Å². The van der Waals surface area contributed by atoms with E-state index in [-0.39, 0.29) is 0 Å². The molecule has 0 unspecified atom stereocenters. The molecule has 4 aromatic carbocycles. The Morgan fingerprint density at radius 3 is 1.27 bits per heavy atom. The molecule has 0 aliphatic rings. The zero-order chi connectivity index (χ0) is 23.2. The number of ether oxygens (including phenoxy) is 4. The molecule has 0 saturated heterocycles. The molecule has 4 rings (SSSR count). The molecule has 0 aliphatic carbocycles. The average molecular weight is 458 g/mol. The Morgan fingerprint density at radius 2 is 0.848 bits per heavy atom. The summed E-state index contributed by atoms with van der Waals surface area (Å²) in [5.41, 5.74) is 1.95. The smallest absolute Gasteiger partial charge is 0.207 e. The van der Waals surface area contributed by atoms with Crippen molar-refractivity contribution in [2.45, 2.75) is 0 Å². The summed E-state index contributed by atoms with van der Waals surface area (Å²) in [6.07, 6.45) is 0. The molecule has 0 heterocycles. The molecule has 0 saturated carbocycles. The molecule has 5 heteroatoms. The molecule has 4 nitrogen and oxygen atoms in total. The highest BCUT2D eigenvalue weighted by molar-refractivity contribution is 7.80. The standard InChI is InChI=1S/C28H27O4P/c1-29-24-23(20-14-8-5-9-15-20)28(27(32-4)26(31-3)25(24)30-2)33(21-16-10-6-11-17-21)22-18-12-7-13-19-22/h5-19H,1-4H3. The second-order valence-corrected chi connectivity index (χ2v) is 9.38. The molecule has 168 valence electrons. The van der Waals surface area contributed by atoms with Gasteiger partial charge in [0.15, 0.2) is 11.5 Å². The summed E-state index contributed by atoms with van der Waals surface area (Å²) in [6, 6.07) is 31.2. The third-order valence-electron chi connectivity index (χ3n) is 5.43. The van der Waals surface area contributed by atoms with E-state index >= 15 is 0 Å². The Labute approximate surface area is 196 Å². The van der Waals surface area contributed by atoms with Crippen LogP contribution in [0.5, 0.6) is 23.0 Å². The van der Waals surface area contributed by atoms with Gasteiger partial charge in [0.2, 0.25) is 11.5 Å². The average Bonchev–Trinajstić information content (AvgIpc) is 2.89. The molecule has 0 spiro atoms. The SMILES string of the molecule is COc1c(OC)c(OC)c(P(c2ccccc2)c2ccccc2)c(-c2ccccc2)c1OC. The molecule has 0 amide bonds. The highest BCUT2D eigenvalue weighted by atomic mass is 31.1. The molecule has 0 aromatic heterocycles. The topological polar surface area (TPSA) is 36.9 Å². The normalized spacial score (nSPS) is 10.7. The Balaban J connectivity index is 2.19. The maximum atomic E-state index is 6.05. The van der Waals surface area contributed by atoms with Crippen LogP contribution in [0.2, 0.25) is 0 Å². The van der Waals surface area contributed by atoms with Crippen LogP contribution in [0.4, 0.5) is 0 Å². The van der Waals surface area contributed by atoms with Gasteiger partial charge in [-0.2, -0.15) is 0 Å². The first-order valence-electron chi connectivity index (χ1n) is 10.6. The monoisotopic (exact) mass is 458 g/mol. The van der Waals surface area contributed by atoms with Crippen molar-refractivity contribution in [3.05, 3.63) is 91.0 Å². The van der Waals surface area contributed by atoms with Crippen molar-refractivity contribution < 1.29 is 18.9 Å². The fraction of sp³-hybridized carbons (Fsp3) is 0.143. The van der Waals surface area contributed by atoms with Crippen LogP contribution in [0.15, 0.2) is 91.0 Å². The summed E-state index contributed by atoms with van der Waals surface area (Å²) >= 11 is 0. The van der Waals surface area contributed by atoms with Gasteiger partial charge in [0.25, 0.3) is 0 Å². The van der Waals surface area contributed by atoms with E-state index in [2.05, 4.69) is 60.7 Å². The number of benzene rings is 4. The first-order chi connectivity index (χ1) is 16.2. The van der Waals surface area contributed by atoms with Crippen LogP contribution in [0.1, 0.15) is 0 Å². The molecule has 4 aromatic rings. The van der Waals surface area contributed by atoms with E-state index in [4.69, 9.17) is 18.9 Å². The lowest BCUT2D eigenvalue weighted by atomic mass is 10.0. The number of hydrogen-bond donors (Lipinski definition) is 0. The number of methoxy groups -OCH3 is 4. The van der Waals surface area contributed by atoms with Crippen molar-refractivity contribution in [1.29, 1.82) is 0 Å². The van der Waals surface area contributed by atoms with E-state index < -0.39 is 7.92 Å². The molecular formula is C28H27O4P. The van der Waals surface area contributed by atoms with Crippen molar-refractivity contribution in [3.63, 3.8) is 0 Å². The Morgan fingerprint density at radius 1 is 0.455 bits per heavy atom. The third-order valence-corrected chi connectivity index (χ3v) is 7.93. The predicted molar refractivity (Wildman–Crippen MR) is 137 cm³/mol. The Bertz CT molecular complexity index is 1160. The van der Waals surface area contributed by atoms with Gasteiger partial charge in [0.1, 0.15) is 0 Å². The van der Waals surface area contributed by atoms with Crippen molar-refractivity contribution in [1.82, 2.24) is 0 Å². The summed E-state index contributed by atoms with van der Waals surface area (Å²) in [5.74, 6) is 2.30. The lowest BCUT2D eigenvalue weighted by molar-refractivity contribution is 0.308. The molecule has 0 aliphatic heterocycles. The largest absolute Gasteiger partial charge is 0.492 e. The van der Waals surface area contributed by atoms with Crippen LogP contribution < -0.4 is 34.9 Å². The van der Waals surface area contributed by atoms with Gasteiger partial charge >= 0.3 is 0 Å². The van der Waals surface area contributed by atoms with Gasteiger partial charge in [-0.05, 0) is 24.1 Å². The lowest BCUT2D eigenvalue weighted by Crippen LogP contribution is -2.24. The summed E-state index contributed by atoms with van der Waals surface area (Å²) in [5, 5.41) is 3.41. The fourth-order valence-electron chi connectivity index (χ4n) is 4.05. The molecule has 0 fully saturated rings. The second-order valence-electron chi connectivity index (χ2n) is 7.23. The van der Waals surface area contributed by atoms with Gasteiger partial charge in [0.05, 0.1) is 28.4 Å². The van der Waals surface area contributed by atoms with Crippen molar-refractivity contribution in [3.8, 4) is 34.1 Å². The van der Waals surface area contributed by atoms with Crippen LogP contribution in [-0.2, 0) is 0 Å². The molecular weight excluding hydrogens is 431 g/mol. The third kappa shape index (κ3) is 4.27. The summed E-state index contributed by atoms with van der Waals surface area (Å²) in [4.78, 5) is 0. The maximum Gasteiger partial charge on any atom is 0.207 e. The van der Waals surface area contributed by atoms with Crippen molar-refractivity contribution in [2.75, 3.05) is 28.4 Å². The zero-order valence-corrected chi connectivity index (χ0v) is 20.1. The van der Waals surface area contributed by atoms with E-state index in [1.54, 1.807) is 28.4 Å². The fourth-order valence-corrected chi connectivity index (χ4v) is 6.66. The quantitative estimate of drug-likeness (QED) is 0.343. The Kier molecular flexibility index (Phi) is 7.16. The first kappa shape index (κ1) is 22.7.